The van der Waals surface area contributed by atoms with Crippen molar-refractivity contribution in [2.24, 2.45) is 0 Å². The number of hydrogen-bond acceptors (Lipinski definition) is 4. The Kier molecular flexibility index (Phi) is 5.07. The van der Waals surface area contributed by atoms with Crippen LogP contribution in [-0.4, -0.2) is 30.0 Å². The molecule has 0 radical (unpaired) electrons. The maximum atomic E-state index is 10.9. The number of aromatic nitrogens is 1. The molecule has 0 fully saturated rings. The Morgan fingerprint density at radius 2 is 2.47 bits per heavy atom. The van der Waals surface area contributed by atoms with Crippen LogP contribution in [0.15, 0.2) is 24.4 Å². The van der Waals surface area contributed by atoms with Crippen molar-refractivity contribution in [3.8, 4) is 0 Å². The van der Waals surface area contributed by atoms with Crippen molar-refractivity contribution < 1.29 is 9.53 Å². The average Bonchev–Trinajstić information content (AvgIpc) is 2.29. The minimum absolute atomic E-state index is 0.366. The Balaban J connectivity index is 2.25. The molecule has 1 N–H and O–H groups in total. The van der Waals surface area contributed by atoms with E-state index in [1.54, 1.807) is 6.20 Å². The molecule has 82 valence electrons. The maximum Gasteiger partial charge on any atom is 0.325 e. The van der Waals surface area contributed by atoms with Crippen LogP contribution in [0.1, 0.15) is 5.69 Å². The van der Waals surface area contributed by atoms with Crippen molar-refractivity contribution in [3.05, 3.63) is 30.1 Å². The van der Waals surface area contributed by atoms with Crippen molar-refractivity contribution >= 4 is 17.6 Å². The highest BCUT2D eigenvalue weighted by atomic mass is 35.5. The molecule has 4 nitrogen and oxygen atoms in total. The average molecular weight is 229 g/mol. The number of methoxy groups -OCH3 is 1. The van der Waals surface area contributed by atoms with Gasteiger partial charge in [-0.2, -0.15) is 0 Å². The van der Waals surface area contributed by atoms with E-state index in [0.717, 1.165) is 5.69 Å². The van der Waals surface area contributed by atoms with Crippen LogP contribution in [0.4, 0.5) is 0 Å². The van der Waals surface area contributed by atoms with E-state index in [9.17, 15) is 4.79 Å². The molecule has 1 atom stereocenters. The lowest BCUT2D eigenvalue weighted by Crippen LogP contribution is -2.29. The summed E-state index contributed by atoms with van der Waals surface area (Å²) in [6.07, 6.45) is 1.72. The lowest BCUT2D eigenvalue weighted by Gasteiger charge is -2.08. The number of nitrogens with zero attached hydrogens (tertiary/aromatic N) is 1. The van der Waals surface area contributed by atoms with Gasteiger partial charge in [-0.1, -0.05) is 6.07 Å². The number of hydrogen-bond donors (Lipinski definition) is 1. The van der Waals surface area contributed by atoms with Crippen LogP contribution in [0.25, 0.3) is 0 Å². The number of carbonyl (C=O) groups is 1. The molecular formula is C10H13ClN2O2. The van der Waals surface area contributed by atoms with Crippen LogP contribution in [0.3, 0.4) is 0 Å². The molecule has 0 spiro atoms. The summed E-state index contributed by atoms with van der Waals surface area (Å²) in [6.45, 7) is 0.950. The molecule has 0 amide bonds. The summed E-state index contributed by atoms with van der Waals surface area (Å²) in [5.41, 5.74) is 0.909. The Hall–Kier alpha value is -1.13. The van der Waals surface area contributed by atoms with Gasteiger partial charge in [0.25, 0.3) is 0 Å². The van der Waals surface area contributed by atoms with Crippen LogP contribution in [-0.2, 0) is 16.1 Å². The number of ether oxygens (including phenoxy) is 1. The zero-order chi connectivity index (χ0) is 11.1. The number of pyridine rings is 1. The van der Waals surface area contributed by atoms with Gasteiger partial charge in [-0.15, -0.1) is 11.6 Å². The number of esters is 1. The van der Waals surface area contributed by atoms with E-state index in [0.29, 0.717) is 13.1 Å². The van der Waals surface area contributed by atoms with Crippen molar-refractivity contribution in [2.75, 3.05) is 13.7 Å². The summed E-state index contributed by atoms with van der Waals surface area (Å²) in [5.74, 6) is -0.426. The number of alkyl halides is 1. The van der Waals surface area contributed by atoms with Gasteiger partial charge in [0.05, 0.1) is 12.8 Å². The highest BCUT2D eigenvalue weighted by molar-refractivity contribution is 6.30. The second-order valence-corrected chi connectivity index (χ2v) is 3.47. The van der Waals surface area contributed by atoms with Crippen LogP contribution in [0.5, 0.6) is 0 Å². The van der Waals surface area contributed by atoms with E-state index in [4.69, 9.17) is 11.6 Å². The van der Waals surface area contributed by atoms with Gasteiger partial charge in [0.1, 0.15) is 5.38 Å². The van der Waals surface area contributed by atoms with Crippen molar-refractivity contribution in [3.63, 3.8) is 0 Å². The second kappa shape index (κ2) is 6.37. The zero-order valence-corrected chi connectivity index (χ0v) is 9.20. The standard InChI is InChI=1S/C10H13ClN2O2/c1-15-10(14)9(11)7-12-6-8-4-2-3-5-13-8/h2-5,9,12H,6-7H2,1H3. The molecule has 0 aromatic carbocycles. The molecule has 5 heteroatoms. The summed E-state index contributed by atoms with van der Waals surface area (Å²) in [4.78, 5) is 15.1. The predicted molar refractivity (Wildman–Crippen MR) is 57.6 cm³/mol. The summed E-state index contributed by atoms with van der Waals surface area (Å²) in [6, 6.07) is 5.65. The molecule has 0 aliphatic rings. The molecule has 1 unspecified atom stereocenters. The normalized spacial score (nSPS) is 12.1. The molecular weight excluding hydrogens is 216 g/mol. The van der Waals surface area contributed by atoms with Crippen molar-refractivity contribution in [1.82, 2.24) is 10.3 Å². The first-order valence-electron chi connectivity index (χ1n) is 4.56. The molecule has 0 bridgehead atoms. The molecule has 1 heterocycles. The third-order valence-electron chi connectivity index (χ3n) is 1.81. The van der Waals surface area contributed by atoms with E-state index >= 15 is 0 Å². The van der Waals surface area contributed by atoms with Gasteiger partial charge in [0.15, 0.2) is 0 Å². The molecule has 0 aliphatic carbocycles. The second-order valence-electron chi connectivity index (χ2n) is 2.94. The fourth-order valence-corrected chi connectivity index (χ4v) is 1.24. The Bertz CT molecular complexity index is 306. The summed E-state index contributed by atoms with van der Waals surface area (Å²) in [7, 11) is 1.32. The van der Waals surface area contributed by atoms with Crippen molar-refractivity contribution in [2.45, 2.75) is 11.9 Å². The number of nitrogens with one attached hydrogen (secondary N) is 1. The monoisotopic (exact) mass is 228 g/mol. The van der Waals surface area contributed by atoms with Gasteiger partial charge < -0.3 is 10.1 Å². The first kappa shape index (κ1) is 11.9. The van der Waals surface area contributed by atoms with E-state index in [1.807, 2.05) is 18.2 Å². The van der Waals surface area contributed by atoms with Gasteiger partial charge in [0, 0.05) is 19.3 Å². The van der Waals surface area contributed by atoms with E-state index in [-0.39, 0.29) is 0 Å². The van der Waals surface area contributed by atoms with Crippen molar-refractivity contribution in [1.29, 1.82) is 0 Å². The Labute approximate surface area is 93.6 Å². The lowest BCUT2D eigenvalue weighted by molar-refractivity contribution is -0.140. The molecule has 0 aliphatic heterocycles. The largest absolute Gasteiger partial charge is 0.468 e. The van der Waals surface area contributed by atoms with E-state index in [2.05, 4.69) is 15.0 Å². The number of halogens is 1. The van der Waals surface area contributed by atoms with Crippen LogP contribution >= 0.6 is 11.6 Å². The zero-order valence-electron chi connectivity index (χ0n) is 8.44. The number of rotatable bonds is 5. The van der Waals surface area contributed by atoms with Gasteiger partial charge in [0.2, 0.25) is 0 Å². The minimum Gasteiger partial charge on any atom is -0.468 e. The molecule has 0 saturated carbocycles. The lowest BCUT2D eigenvalue weighted by atomic mass is 10.3. The summed E-state index contributed by atoms with van der Waals surface area (Å²) in [5, 5.41) is 2.37. The fourth-order valence-electron chi connectivity index (χ4n) is 1.04. The molecule has 15 heavy (non-hydrogen) atoms. The minimum atomic E-state index is -0.654. The fraction of sp³-hybridized carbons (Fsp3) is 0.400. The van der Waals surface area contributed by atoms with E-state index in [1.165, 1.54) is 7.11 Å². The van der Waals surface area contributed by atoms with Gasteiger partial charge in [-0.05, 0) is 12.1 Å². The SMILES string of the molecule is COC(=O)C(Cl)CNCc1ccccn1. The Morgan fingerprint density at radius 3 is 3.07 bits per heavy atom. The van der Waals surface area contributed by atoms with Gasteiger partial charge in [-0.3, -0.25) is 9.78 Å². The van der Waals surface area contributed by atoms with Gasteiger partial charge in [-0.25, -0.2) is 0 Å². The smallest absolute Gasteiger partial charge is 0.325 e. The van der Waals surface area contributed by atoms with Crippen LogP contribution in [0.2, 0.25) is 0 Å². The molecule has 1 aromatic heterocycles. The third kappa shape index (κ3) is 4.27. The maximum absolute atomic E-state index is 10.9. The van der Waals surface area contributed by atoms with Crippen LogP contribution in [0, 0.1) is 0 Å². The molecule has 1 rings (SSSR count). The summed E-state index contributed by atoms with van der Waals surface area (Å²) >= 11 is 5.74. The highest BCUT2D eigenvalue weighted by Gasteiger charge is 2.14. The topological polar surface area (TPSA) is 51.2 Å². The first-order valence-corrected chi connectivity index (χ1v) is 5.00. The first-order chi connectivity index (χ1) is 7.24. The quantitative estimate of drug-likeness (QED) is 0.602. The Morgan fingerprint density at radius 1 is 1.67 bits per heavy atom. The van der Waals surface area contributed by atoms with Gasteiger partial charge >= 0.3 is 5.97 Å². The predicted octanol–water partition coefficient (Wildman–Crippen LogP) is 0.952. The summed E-state index contributed by atoms with van der Waals surface area (Å²) < 4.78 is 4.49. The van der Waals surface area contributed by atoms with Crippen LogP contribution < -0.4 is 5.32 Å². The third-order valence-corrected chi connectivity index (χ3v) is 2.15. The van der Waals surface area contributed by atoms with E-state index < -0.39 is 11.3 Å². The number of carbonyl (C=O) groups excluding carboxylic acids is 1. The highest BCUT2D eigenvalue weighted by Crippen LogP contribution is 1.98. The molecule has 1 aromatic rings. The molecule has 0 saturated heterocycles.